The van der Waals surface area contributed by atoms with Crippen molar-refractivity contribution in [1.82, 2.24) is 9.88 Å². The van der Waals surface area contributed by atoms with Gasteiger partial charge in [0.15, 0.2) is 0 Å². The topological polar surface area (TPSA) is 79.5 Å². The summed E-state index contributed by atoms with van der Waals surface area (Å²) >= 11 is 0. The number of hydrogen-bond acceptors (Lipinski definition) is 4. The van der Waals surface area contributed by atoms with E-state index in [9.17, 15) is 9.90 Å². The third kappa shape index (κ3) is 3.68. The summed E-state index contributed by atoms with van der Waals surface area (Å²) in [4.78, 5) is 18.5. The number of para-hydroxylation sites is 1. The zero-order chi connectivity index (χ0) is 16.2. The molecule has 3 rings (SSSR count). The number of nitrogens with zero attached hydrogens (tertiary/aromatic N) is 2. The number of benzene rings is 1. The van der Waals surface area contributed by atoms with Crippen LogP contribution in [-0.4, -0.2) is 46.6 Å². The van der Waals surface area contributed by atoms with Crippen LogP contribution in [-0.2, 0) is 11.2 Å². The summed E-state index contributed by atoms with van der Waals surface area (Å²) in [5.41, 5.74) is 7.38. The van der Waals surface area contributed by atoms with Crippen molar-refractivity contribution >= 4 is 16.8 Å². The van der Waals surface area contributed by atoms with Gasteiger partial charge in [0.25, 0.3) is 0 Å². The van der Waals surface area contributed by atoms with Crippen LogP contribution in [0.5, 0.6) is 0 Å². The molecule has 0 saturated carbocycles. The van der Waals surface area contributed by atoms with Gasteiger partial charge in [-0.1, -0.05) is 24.3 Å². The van der Waals surface area contributed by atoms with Crippen LogP contribution in [0.1, 0.15) is 18.5 Å². The first-order valence-corrected chi connectivity index (χ1v) is 8.18. The Morgan fingerprint density at radius 3 is 2.91 bits per heavy atom. The van der Waals surface area contributed by atoms with Crippen molar-refractivity contribution in [3.8, 4) is 0 Å². The van der Waals surface area contributed by atoms with Gasteiger partial charge in [-0.2, -0.15) is 0 Å². The van der Waals surface area contributed by atoms with Crippen LogP contribution in [0.25, 0.3) is 10.9 Å². The number of carbonyl (C=O) groups excluding carboxylic acids is 1. The van der Waals surface area contributed by atoms with Crippen molar-refractivity contribution in [2.24, 2.45) is 11.7 Å². The highest BCUT2D eigenvalue weighted by atomic mass is 16.3. The number of aliphatic hydroxyl groups is 1. The van der Waals surface area contributed by atoms with E-state index >= 15 is 0 Å². The number of rotatable bonds is 5. The highest BCUT2D eigenvalue weighted by Gasteiger charge is 2.33. The second-order valence-corrected chi connectivity index (χ2v) is 6.22. The van der Waals surface area contributed by atoms with Crippen molar-refractivity contribution in [2.45, 2.75) is 25.4 Å². The van der Waals surface area contributed by atoms with Crippen LogP contribution in [0.15, 0.2) is 36.4 Å². The van der Waals surface area contributed by atoms with E-state index in [1.807, 2.05) is 30.3 Å². The normalized spacial score (nSPS) is 21.0. The molecule has 2 atom stereocenters. The number of pyridine rings is 1. The van der Waals surface area contributed by atoms with E-state index in [4.69, 9.17) is 5.73 Å². The molecule has 1 aliphatic rings. The zero-order valence-corrected chi connectivity index (χ0v) is 13.2. The molecule has 122 valence electrons. The maximum atomic E-state index is 12.1. The largest absolute Gasteiger partial charge is 0.391 e. The standard InChI is InChI=1S/C18H23N3O2/c19-9-3-6-18(23)21-11-14(17(22)12-21)10-15-8-7-13-4-1-2-5-16(13)20-15/h1-2,4-5,7-8,14,17,22H,3,6,9-12,19H2/t14-,17-/m1/s1. The maximum Gasteiger partial charge on any atom is 0.222 e. The van der Waals surface area contributed by atoms with Crippen molar-refractivity contribution in [2.75, 3.05) is 19.6 Å². The van der Waals surface area contributed by atoms with Gasteiger partial charge >= 0.3 is 0 Å². The number of aromatic nitrogens is 1. The minimum Gasteiger partial charge on any atom is -0.391 e. The molecule has 0 spiro atoms. The Morgan fingerprint density at radius 2 is 2.09 bits per heavy atom. The Hall–Kier alpha value is -1.98. The number of carbonyl (C=O) groups is 1. The first-order chi connectivity index (χ1) is 11.2. The van der Waals surface area contributed by atoms with Gasteiger partial charge in [-0.25, -0.2) is 0 Å². The van der Waals surface area contributed by atoms with Crippen LogP contribution in [0.3, 0.4) is 0 Å². The first kappa shape index (κ1) is 15.9. The molecule has 2 heterocycles. The van der Waals surface area contributed by atoms with E-state index in [0.717, 1.165) is 16.6 Å². The lowest BCUT2D eigenvalue weighted by atomic mass is 9.99. The number of amides is 1. The maximum absolute atomic E-state index is 12.1. The highest BCUT2D eigenvalue weighted by Crippen LogP contribution is 2.23. The molecule has 0 unspecified atom stereocenters. The summed E-state index contributed by atoms with van der Waals surface area (Å²) in [6.07, 6.45) is 1.36. The monoisotopic (exact) mass is 313 g/mol. The summed E-state index contributed by atoms with van der Waals surface area (Å²) in [7, 11) is 0. The van der Waals surface area contributed by atoms with Gasteiger partial charge in [0.2, 0.25) is 5.91 Å². The summed E-state index contributed by atoms with van der Waals surface area (Å²) < 4.78 is 0. The smallest absolute Gasteiger partial charge is 0.222 e. The third-order valence-corrected chi connectivity index (χ3v) is 4.48. The molecule has 1 saturated heterocycles. The Kier molecular flexibility index (Phi) is 4.88. The van der Waals surface area contributed by atoms with E-state index in [2.05, 4.69) is 11.1 Å². The van der Waals surface area contributed by atoms with Gasteiger partial charge in [0.1, 0.15) is 0 Å². The highest BCUT2D eigenvalue weighted by molar-refractivity contribution is 5.78. The van der Waals surface area contributed by atoms with E-state index < -0.39 is 6.10 Å². The Balaban J connectivity index is 1.66. The minimum atomic E-state index is -0.481. The number of likely N-dealkylation sites (tertiary alicyclic amines) is 1. The molecule has 1 fully saturated rings. The third-order valence-electron chi connectivity index (χ3n) is 4.48. The van der Waals surface area contributed by atoms with Gasteiger partial charge in [-0.3, -0.25) is 9.78 Å². The predicted molar refractivity (Wildman–Crippen MR) is 89.8 cm³/mol. The molecule has 1 aliphatic heterocycles. The van der Waals surface area contributed by atoms with Crippen LogP contribution < -0.4 is 5.73 Å². The molecule has 5 nitrogen and oxygen atoms in total. The van der Waals surface area contributed by atoms with Gasteiger partial charge in [0.05, 0.1) is 11.6 Å². The quantitative estimate of drug-likeness (QED) is 0.873. The summed E-state index contributed by atoms with van der Waals surface area (Å²) in [5.74, 6) is 0.133. The first-order valence-electron chi connectivity index (χ1n) is 8.18. The van der Waals surface area contributed by atoms with Crippen molar-refractivity contribution in [3.05, 3.63) is 42.1 Å². The Morgan fingerprint density at radius 1 is 1.26 bits per heavy atom. The van der Waals surface area contributed by atoms with Crippen LogP contribution in [0.4, 0.5) is 0 Å². The molecule has 1 aromatic heterocycles. The zero-order valence-electron chi connectivity index (χ0n) is 13.2. The number of hydrogen-bond donors (Lipinski definition) is 2. The molecule has 5 heteroatoms. The molecule has 3 N–H and O–H groups in total. The molecule has 23 heavy (non-hydrogen) atoms. The van der Waals surface area contributed by atoms with Crippen molar-refractivity contribution < 1.29 is 9.90 Å². The van der Waals surface area contributed by atoms with Gasteiger partial charge in [0, 0.05) is 36.5 Å². The molecule has 0 bridgehead atoms. The molecular formula is C18H23N3O2. The predicted octanol–water partition coefficient (Wildman–Crippen LogP) is 1.34. The van der Waals surface area contributed by atoms with Crippen LogP contribution >= 0.6 is 0 Å². The van der Waals surface area contributed by atoms with Crippen LogP contribution in [0, 0.1) is 5.92 Å². The van der Waals surface area contributed by atoms with E-state index in [1.54, 1.807) is 4.90 Å². The van der Waals surface area contributed by atoms with E-state index in [-0.39, 0.29) is 11.8 Å². The number of fused-ring (bicyclic) bond motifs is 1. The molecule has 1 amide bonds. The Labute approximate surface area is 136 Å². The van der Waals surface area contributed by atoms with E-state index in [0.29, 0.717) is 38.9 Å². The fourth-order valence-corrected chi connectivity index (χ4v) is 3.16. The van der Waals surface area contributed by atoms with Gasteiger partial charge in [-0.05, 0) is 31.5 Å². The fraction of sp³-hybridized carbons (Fsp3) is 0.444. The lowest BCUT2D eigenvalue weighted by Gasteiger charge is -2.16. The summed E-state index contributed by atoms with van der Waals surface area (Å²) in [6.45, 7) is 1.54. The minimum absolute atomic E-state index is 0.0467. The fourth-order valence-electron chi connectivity index (χ4n) is 3.16. The second-order valence-electron chi connectivity index (χ2n) is 6.22. The lowest BCUT2D eigenvalue weighted by molar-refractivity contribution is -0.130. The van der Waals surface area contributed by atoms with Gasteiger partial charge in [-0.15, -0.1) is 0 Å². The lowest BCUT2D eigenvalue weighted by Crippen LogP contribution is -2.29. The summed E-state index contributed by atoms with van der Waals surface area (Å²) in [6, 6.07) is 12.1. The number of nitrogens with two attached hydrogens (primary N) is 1. The molecule has 0 radical (unpaired) electrons. The summed E-state index contributed by atoms with van der Waals surface area (Å²) in [5, 5.41) is 11.4. The van der Waals surface area contributed by atoms with Crippen molar-refractivity contribution in [1.29, 1.82) is 0 Å². The molecular weight excluding hydrogens is 290 g/mol. The molecule has 1 aromatic carbocycles. The van der Waals surface area contributed by atoms with Gasteiger partial charge < -0.3 is 15.7 Å². The Bertz CT molecular complexity index is 689. The van der Waals surface area contributed by atoms with Crippen LogP contribution in [0.2, 0.25) is 0 Å². The van der Waals surface area contributed by atoms with E-state index in [1.165, 1.54) is 0 Å². The van der Waals surface area contributed by atoms with Crippen molar-refractivity contribution in [3.63, 3.8) is 0 Å². The number of β-amino-alcohol motifs (C(OH)–C–C–N with tert-alkyl or cyclic N) is 1. The molecule has 2 aromatic rings. The second kappa shape index (κ2) is 7.06. The number of aliphatic hydroxyl groups excluding tert-OH is 1. The SMILES string of the molecule is NCCCC(=O)N1C[C@@H](Cc2ccc3ccccc3n2)[C@H](O)C1. The average Bonchev–Trinajstić information content (AvgIpc) is 2.93. The average molecular weight is 313 g/mol. The molecule has 0 aliphatic carbocycles.